The van der Waals surface area contributed by atoms with Gasteiger partial charge < -0.3 is 0 Å². The number of nitrogens with zero attached hydrogens (tertiary/aromatic N) is 1. The molecule has 1 heteroatoms. The molecule has 1 aromatic heterocycles. The van der Waals surface area contributed by atoms with Crippen LogP contribution in [0.1, 0.15) is 12.5 Å². The van der Waals surface area contributed by atoms with E-state index in [-0.39, 0.29) is 0 Å². The Morgan fingerprint density at radius 2 is 1.25 bits per heavy atom. The molecule has 96 valence electrons. The van der Waals surface area contributed by atoms with E-state index >= 15 is 0 Å². The maximum absolute atomic E-state index is 4.44. The maximum atomic E-state index is 4.44. The summed E-state index contributed by atoms with van der Waals surface area (Å²) >= 11 is 0. The van der Waals surface area contributed by atoms with Gasteiger partial charge in [0.05, 0.1) is 0 Å². The van der Waals surface area contributed by atoms with E-state index in [2.05, 4.69) is 60.4 Å². The second-order valence-electron chi connectivity index (χ2n) is 5.17. The first-order valence-electron chi connectivity index (χ1n) is 7.06. The molecule has 0 fully saturated rings. The third-order valence-electron chi connectivity index (χ3n) is 4.11. The number of aryl methyl sites for hydroxylation is 1. The van der Waals surface area contributed by atoms with E-state index in [9.17, 15) is 0 Å². The van der Waals surface area contributed by atoms with E-state index in [4.69, 9.17) is 0 Å². The predicted octanol–water partition coefficient (Wildman–Crippen LogP) is 5.10. The lowest BCUT2D eigenvalue weighted by atomic mass is 9.93. The molecule has 0 N–H and O–H groups in total. The normalized spacial score (nSPS) is 11.4. The number of hydrogen-bond donors (Lipinski definition) is 0. The molecule has 0 saturated heterocycles. The van der Waals surface area contributed by atoms with Crippen molar-refractivity contribution in [3.8, 4) is 0 Å². The van der Waals surface area contributed by atoms with Gasteiger partial charge in [0.1, 0.15) is 0 Å². The standard InChI is InChI=1S/C19H15N/c1-2-13-11-20-12-18-16-9-4-3-7-14(16)15-8-5-6-10-17(15)19(13)18/h3-12H,2H2,1H3. The third kappa shape index (κ3) is 1.47. The van der Waals surface area contributed by atoms with E-state index in [0.29, 0.717) is 0 Å². The topological polar surface area (TPSA) is 12.9 Å². The molecule has 0 aliphatic rings. The Bertz CT molecular complexity index is 893. The number of pyridine rings is 1. The second kappa shape index (κ2) is 4.31. The summed E-state index contributed by atoms with van der Waals surface area (Å²) in [7, 11) is 0. The summed E-state index contributed by atoms with van der Waals surface area (Å²) in [5.41, 5.74) is 1.32. The van der Waals surface area contributed by atoms with Crippen LogP contribution in [-0.4, -0.2) is 4.98 Å². The summed E-state index contributed by atoms with van der Waals surface area (Å²) < 4.78 is 0. The summed E-state index contributed by atoms with van der Waals surface area (Å²) in [5.74, 6) is 0. The lowest BCUT2D eigenvalue weighted by molar-refractivity contribution is 1.13. The SMILES string of the molecule is CCc1cncc2c3ccccc3c3ccccc3c12. The van der Waals surface area contributed by atoms with Gasteiger partial charge in [-0.25, -0.2) is 0 Å². The average molecular weight is 257 g/mol. The molecule has 0 aliphatic heterocycles. The highest BCUT2D eigenvalue weighted by atomic mass is 14.6. The van der Waals surface area contributed by atoms with E-state index < -0.39 is 0 Å². The van der Waals surface area contributed by atoms with Gasteiger partial charge in [-0.1, -0.05) is 55.5 Å². The zero-order valence-electron chi connectivity index (χ0n) is 11.4. The van der Waals surface area contributed by atoms with Crippen molar-refractivity contribution in [3.05, 3.63) is 66.5 Å². The van der Waals surface area contributed by atoms with Crippen molar-refractivity contribution in [3.63, 3.8) is 0 Å². The highest BCUT2D eigenvalue weighted by molar-refractivity contribution is 6.25. The monoisotopic (exact) mass is 257 g/mol. The van der Waals surface area contributed by atoms with Gasteiger partial charge in [0.25, 0.3) is 0 Å². The second-order valence-corrected chi connectivity index (χ2v) is 5.17. The number of benzene rings is 3. The predicted molar refractivity (Wildman–Crippen MR) is 86.1 cm³/mol. The fraction of sp³-hybridized carbons (Fsp3) is 0.105. The van der Waals surface area contributed by atoms with Crippen molar-refractivity contribution in [2.45, 2.75) is 13.3 Å². The van der Waals surface area contributed by atoms with Crippen LogP contribution in [-0.2, 0) is 6.42 Å². The Labute approximate surface area is 117 Å². The van der Waals surface area contributed by atoms with Gasteiger partial charge in [-0.3, -0.25) is 4.98 Å². The molecule has 3 aromatic carbocycles. The van der Waals surface area contributed by atoms with Gasteiger partial charge >= 0.3 is 0 Å². The minimum atomic E-state index is 1.01. The molecule has 1 nitrogen and oxygen atoms in total. The molecule has 4 aromatic rings. The molecule has 0 saturated carbocycles. The van der Waals surface area contributed by atoms with Crippen LogP contribution in [0.4, 0.5) is 0 Å². The molecular formula is C19H15N. The number of rotatable bonds is 1. The molecule has 0 aliphatic carbocycles. The molecular weight excluding hydrogens is 242 g/mol. The lowest BCUT2D eigenvalue weighted by Gasteiger charge is -2.12. The Hall–Kier alpha value is -2.41. The van der Waals surface area contributed by atoms with Crippen molar-refractivity contribution in [2.75, 3.05) is 0 Å². The van der Waals surface area contributed by atoms with Crippen LogP contribution >= 0.6 is 0 Å². The van der Waals surface area contributed by atoms with Crippen molar-refractivity contribution in [1.82, 2.24) is 4.98 Å². The molecule has 0 unspecified atom stereocenters. The van der Waals surface area contributed by atoms with Crippen molar-refractivity contribution < 1.29 is 0 Å². The van der Waals surface area contributed by atoms with Crippen LogP contribution in [0.15, 0.2) is 60.9 Å². The molecule has 0 amide bonds. The summed E-state index contributed by atoms with van der Waals surface area (Å²) in [5, 5.41) is 7.89. The Morgan fingerprint density at radius 3 is 1.90 bits per heavy atom. The minimum absolute atomic E-state index is 1.01. The molecule has 0 atom stereocenters. The smallest absolute Gasteiger partial charge is 0.0353 e. The quantitative estimate of drug-likeness (QED) is 0.432. The molecule has 4 rings (SSSR count). The summed E-state index contributed by atoms with van der Waals surface area (Å²) in [6.07, 6.45) is 5.01. The summed E-state index contributed by atoms with van der Waals surface area (Å²) in [6.45, 7) is 2.19. The number of fused-ring (bicyclic) bond motifs is 6. The van der Waals surface area contributed by atoms with Crippen LogP contribution in [0, 0.1) is 0 Å². The molecule has 20 heavy (non-hydrogen) atoms. The highest BCUT2D eigenvalue weighted by Crippen LogP contribution is 2.35. The molecule has 0 radical (unpaired) electrons. The average Bonchev–Trinajstić information content (AvgIpc) is 2.54. The van der Waals surface area contributed by atoms with Gasteiger partial charge in [0.15, 0.2) is 0 Å². The van der Waals surface area contributed by atoms with Crippen molar-refractivity contribution in [2.24, 2.45) is 0 Å². The van der Waals surface area contributed by atoms with Gasteiger partial charge in [-0.2, -0.15) is 0 Å². The van der Waals surface area contributed by atoms with Gasteiger partial charge in [0.2, 0.25) is 0 Å². The Balaban J connectivity index is 2.42. The van der Waals surface area contributed by atoms with Crippen LogP contribution in [0.3, 0.4) is 0 Å². The Morgan fingerprint density at radius 1 is 0.700 bits per heavy atom. The molecule has 1 heterocycles. The van der Waals surface area contributed by atoms with E-state index in [1.807, 2.05) is 12.4 Å². The minimum Gasteiger partial charge on any atom is -0.264 e. The third-order valence-corrected chi connectivity index (χ3v) is 4.11. The first-order chi connectivity index (χ1) is 9.90. The van der Waals surface area contributed by atoms with Crippen LogP contribution in [0.25, 0.3) is 32.3 Å². The highest BCUT2D eigenvalue weighted by Gasteiger charge is 2.10. The summed E-state index contributed by atoms with van der Waals surface area (Å²) in [4.78, 5) is 4.44. The first-order valence-corrected chi connectivity index (χ1v) is 7.06. The van der Waals surface area contributed by atoms with Crippen LogP contribution in [0.5, 0.6) is 0 Å². The van der Waals surface area contributed by atoms with Crippen molar-refractivity contribution in [1.29, 1.82) is 0 Å². The van der Waals surface area contributed by atoms with E-state index in [1.165, 1.54) is 37.9 Å². The Kier molecular flexibility index (Phi) is 2.46. The van der Waals surface area contributed by atoms with Crippen LogP contribution in [0.2, 0.25) is 0 Å². The lowest BCUT2D eigenvalue weighted by Crippen LogP contribution is -1.90. The molecule has 0 bridgehead atoms. The van der Waals surface area contributed by atoms with Crippen LogP contribution < -0.4 is 0 Å². The van der Waals surface area contributed by atoms with E-state index in [1.54, 1.807) is 0 Å². The fourth-order valence-corrected chi connectivity index (χ4v) is 3.18. The zero-order valence-corrected chi connectivity index (χ0v) is 11.4. The maximum Gasteiger partial charge on any atom is 0.0353 e. The van der Waals surface area contributed by atoms with Gasteiger partial charge in [-0.15, -0.1) is 0 Å². The first kappa shape index (κ1) is 11.4. The van der Waals surface area contributed by atoms with Gasteiger partial charge in [0, 0.05) is 17.8 Å². The fourth-order valence-electron chi connectivity index (χ4n) is 3.18. The largest absolute Gasteiger partial charge is 0.264 e. The summed E-state index contributed by atoms with van der Waals surface area (Å²) in [6, 6.07) is 17.3. The zero-order chi connectivity index (χ0) is 13.5. The van der Waals surface area contributed by atoms with Gasteiger partial charge in [-0.05, 0) is 38.9 Å². The van der Waals surface area contributed by atoms with E-state index in [0.717, 1.165) is 6.42 Å². The molecule has 0 spiro atoms. The number of hydrogen-bond acceptors (Lipinski definition) is 1. The van der Waals surface area contributed by atoms with Crippen molar-refractivity contribution >= 4 is 32.3 Å². The number of aromatic nitrogens is 1.